The highest BCUT2D eigenvalue weighted by Gasteiger charge is 2.24. The van der Waals surface area contributed by atoms with Crippen molar-refractivity contribution in [1.82, 2.24) is 5.32 Å². The molecule has 1 atom stereocenters. The van der Waals surface area contributed by atoms with Crippen molar-refractivity contribution < 1.29 is 43.7 Å². The molecule has 0 saturated heterocycles. The largest absolute Gasteiger partial charge is 1.00 e. The predicted octanol–water partition coefficient (Wildman–Crippen LogP) is -4.63. The Hall–Kier alpha value is 0.0900. The molecule has 0 amide bonds. The highest BCUT2D eigenvalue weighted by Crippen LogP contribution is 2.14. The van der Waals surface area contributed by atoms with Gasteiger partial charge in [0.15, 0.2) is 6.10 Å². The second-order valence-corrected chi connectivity index (χ2v) is 8.89. The van der Waals surface area contributed by atoms with Crippen LogP contribution in [0.25, 0.3) is 0 Å². The monoisotopic (exact) mass is 403 g/mol. The number of nitrogens with one attached hydrogen (secondary N) is 1. The minimum Gasteiger partial charge on any atom is -1.00 e. The lowest BCUT2D eigenvalue weighted by Crippen LogP contribution is -3.00. The molecule has 0 fully saturated rings. The fourth-order valence-corrected chi connectivity index (χ4v) is 2.12. The number of aliphatic hydroxyl groups is 1. The van der Waals surface area contributed by atoms with Gasteiger partial charge < -0.3 is 49.0 Å². The van der Waals surface area contributed by atoms with Crippen LogP contribution >= 0.6 is 0 Å². The Kier molecular flexibility index (Phi) is 19.9. The maximum atomic E-state index is 10.1. The Morgan fingerprint density at radius 3 is 1.84 bits per heavy atom. The molecule has 2 N–H and O–H groups in total. The van der Waals surface area contributed by atoms with Crippen LogP contribution < -0.4 is 30.1 Å². The topological polar surface area (TPSA) is 49.3 Å². The number of hydrogen-bond donors (Lipinski definition) is 2. The second-order valence-electron chi connectivity index (χ2n) is 8.89. The van der Waals surface area contributed by atoms with Gasteiger partial charge in [-0.15, -0.1) is 0 Å². The standard InChI is InChI=1S/C12H31N3O.C6H12O.2ClH/c1-13-8-7-9-15(5,6)11-12(16)10-14(2,3)4;1-4-6(2,3)5-7;;/h12-13,16H,7-11H2,1-6H3;5H,4H2,1-3H3;2*1H/q+2;;;/p-2. The Morgan fingerprint density at radius 1 is 1.08 bits per heavy atom. The van der Waals surface area contributed by atoms with Crippen LogP contribution in [0.1, 0.15) is 33.6 Å². The smallest absolute Gasteiger partial charge is 0.152 e. The molecule has 0 aliphatic rings. The third-order valence-corrected chi connectivity index (χ3v) is 3.88. The Bertz CT molecular complexity index is 320. The van der Waals surface area contributed by atoms with Gasteiger partial charge in [-0.2, -0.15) is 0 Å². The number of quaternary nitrogens is 2. The molecule has 0 spiro atoms. The summed E-state index contributed by atoms with van der Waals surface area (Å²) in [4.78, 5) is 10.1. The highest BCUT2D eigenvalue weighted by atomic mass is 35.5. The van der Waals surface area contributed by atoms with E-state index >= 15 is 0 Å². The van der Waals surface area contributed by atoms with Crippen molar-refractivity contribution >= 4 is 6.29 Å². The van der Waals surface area contributed by atoms with Crippen molar-refractivity contribution in [1.29, 1.82) is 0 Å². The van der Waals surface area contributed by atoms with E-state index in [1.54, 1.807) is 0 Å². The van der Waals surface area contributed by atoms with Gasteiger partial charge in [0.05, 0.1) is 41.8 Å². The lowest BCUT2D eigenvalue weighted by molar-refractivity contribution is -0.907. The van der Waals surface area contributed by atoms with Crippen LogP contribution in [0, 0.1) is 5.41 Å². The van der Waals surface area contributed by atoms with Crippen LogP contribution in [0.3, 0.4) is 0 Å². The van der Waals surface area contributed by atoms with Crippen molar-refractivity contribution in [3.8, 4) is 0 Å². The van der Waals surface area contributed by atoms with E-state index in [4.69, 9.17) is 0 Å². The molecule has 7 heteroatoms. The van der Waals surface area contributed by atoms with Crippen LogP contribution in [0.5, 0.6) is 0 Å². The van der Waals surface area contributed by atoms with Gasteiger partial charge in [-0.1, -0.05) is 20.8 Å². The number of nitrogens with zero attached hydrogens (tertiary/aromatic N) is 2. The van der Waals surface area contributed by atoms with Crippen LogP contribution in [0.2, 0.25) is 0 Å². The first kappa shape index (κ1) is 32.7. The molecule has 0 heterocycles. The average Bonchev–Trinajstić information content (AvgIpc) is 2.36. The first-order valence-electron chi connectivity index (χ1n) is 8.70. The summed E-state index contributed by atoms with van der Waals surface area (Å²) in [6.07, 6.45) is 2.86. The van der Waals surface area contributed by atoms with E-state index in [0.29, 0.717) is 0 Å². The molecular weight excluding hydrogens is 361 g/mol. The van der Waals surface area contributed by atoms with Crippen molar-refractivity contribution in [3.05, 3.63) is 0 Å². The molecule has 0 aromatic carbocycles. The lowest BCUT2D eigenvalue weighted by atomic mass is 9.93. The number of rotatable bonds is 10. The first-order valence-corrected chi connectivity index (χ1v) is 8.70. The summed E-state index contributed by atoms with van der Waals surface area (Å²) in [6.45, 7) is 9.67. The van der Waals surface area contributed by atoms with Gasteiger partial charge in [-0.25, -0.2) is 0 Å². The number of carbonyl (C=O) groups is 1. The molecule has 0 aliphatic carbocycles. The van der Waals surface area contributed by atoms with E-state index < -0.39 is 0 Å². The van der Waals surface area contributed by atoms with Gasteiger partial charge in [0, 0.05) is 18.4 Å². The summed E-state index contributed by atoms with van der Waals surface area (Å²) < 4.78 is 1.71. The summed E-state index contributed by atoms with van der Waals surface area (Å²) in [7, 11) is 12.7. The predicted molar refractivity (Wildman–Crippen MR) is 99.4 cm³/mol. The number of aldehydes is 1. The van der Waals surface area contributed by atoms with E-state index in [1.807, 2.05) is 27.8 Å². The lowest BCUT2D eigenvalue weighted by Gasteiger charge is -2.34. The van der Waals surface area contributed by atoms with E-state index in [2.05, 4.69) is 40.6 Å². The van der Waals surface area contributed by atoms with E-state index in [0.717, 1.165) is 54.3 Å². The first-order chi connectivity index (χ1) is 10.3. The van der Waals surface area contributed by atoms with Gasteiger partial charge >= 0.3 is 0 Å². The number of likely N-dealkylation sites (N-methyl/N-ethyl adjacent to an activating group) is 2. The molecule has 25 heavy (non-hydrogen) atoms. The molecule has 0 bridgehead atoms. The highest BCUT2D eigenvalue weighted by molar-refractivity contribution is 5.57. The summed E-state index contributed by atoms with van der Waals surface area (Å²) in [6, 6.07) is 0. The maximum absolute atomic E-state index is 10.1. The zero-order valence-electron chi connectivity index (χ0n) is 17.9. The average molecular weight is 404 g/mol. The number of halogens is 2. The Balaban J connectivity index is -0.000000210. The number of hydrogen-bond acceptors (Lipinski definition) is 3. The van der Waals surface area contributed by atoms with Gasteiger partial charge in [-0.3, -0.25) is 0 Å². The number of carbonyl (C=O) groups excluding carboxylic acids is 1. The maximum Gasteiger partial charge on any atom is 0.152 e. The van der Waals surface area contributed by atoms with Gasteiger partial charge in [0.1, 0.15) is 19.4 Å². The quantitative estimate of drug-likeness (QED) is 0.219. The molecule has 0 aromatic heterocycles. The minimum absolute atomic E-state index is 0. The summed E-state index contributed by atoms with van der Waals surface area (Å²) >= 11 is 0. The summed E-state index contributed by atoms with van der Waals surface area (Å²) in [5.74, 6) is 0. The van der Waals surface area contributed by atoms with Crippen molar-refractivity contribution in [3.63, 3.8) is 0 Å². The molecule has 0 rings (SSSR count). The fourth-order valence-electron chi connectivity index (χ4n) is 2.12. The Morgan fingerprint density at radius 2 is 1.56 bits per heavy atom. The molecule has 5 nitrogen and oxygen atoms in total. The van der Waals surface area contributed by atoms with E-state index in [9.17, 15) is 9.90 Å². The van der Waals surface area contributed by atoms with Crippen LogP contribution in [-0.2, 0) is 4.79 Å². The molecular formula is C18H43Cl2N3O2. The van der Waals surface area contributed by atoms with Crippen molar-refractivity contribution in [2.75, 3.05) is 68.5 Å². The van der Waals surface area contributed by atoms with Crippen LogP contribution in [0.4, 0.5) is 0 Å². The van der Waals surface area contributed by atoms with Crippen molar-refractivity contribution in [2.45, 2.75) is 39.7 Å². The van der Waals surface area contributed by atoms with Crippen LogP contribution in [-0.4, -0.2) is 94.9 Å². The molecule has 0 radical (unpaired) electrons. The zero-order valence-corrected chi connectivity index (χ0v) is 19.4. The summed E-state index contributed by atoms with van der Waals surface area (Å²) in [5, 5.41) is 13.2. The van der Waals surface area contributed by atoms with E-state index in [1.165, 1.54) is 0 Å². The molecule has 156 valence electrons. The molecule has 0 aliphatic heterocycles. The second kappa shape index (κ2) is 15.2. The zero-order chi connectivity index (χ0) is 18.7. The number of aliphatic hydroxyl groups excluding tert-OH is 1. The van der Waals surface area contributed by atoms with E-state index in [-0.39, 0.29) is 36.3 Å². The fraction of sp³-hybridized carbons (Fsp3) is 0.944. The molecule has 1 unspecified atom stereocenters. The van der Waals surface area contributed by atoms with Crippen LogP contribution in [0.15, 0.2) is 0 Å². The third kappa shape index (κ3) is 24.1. The third-order valence-electron chi connectivity index (χ3n) is 3.88. The van der Waals surface area contributed by atoms with Crippen molar-refractivity contribution in [2.24, 2.45) is 5.41 Å². The SMILES string of the molecule is CCC(C)(C)C=O.CNCCC[N+](C)(C)CC(O)C[N+](C)(C)C.[Cl-].[Cl-]. The molecule has 0 aromatic rings. The minimum atomic E-state index is -0.218. The molecule has 0 saturated carbocycles. The van der Waals surface area contributed by atoms with Gasteiger partial charge in [-0.05, 0) is 13.5 Å². The summed E-state index contributed by atoms with van der Waals surface area (Å²) in [5.41, 5.74) is -0.0972. The van der Waals surface area contributed by atoms with Gasteiger partial charge in [0.2, 0.25) is 0 Å². The normalized spacial score (nSPS) is 12.9. The van der Waals surface area contributed by atoms with Gasteiger partial charge in [0.25, 0.3) is 0 Å². The Labute approximate surface area is 169 Å².